The molecule has 2 N–H and O–H groups in total. The van der Waals surface area contributed by atoms with Gasteiger partial charge in [0.15, 0.2) is 0 Å². The number of nitrogens with one attached hydrogen (secondary N) is 2. The topological polar surface area (TPSA) is 55.3 Å². The van der Waals surface area contributed by atoms with Crippen molar-refractivity contribution in [1.82, 2.24) is 9.29 Å². The number of amides is 1. The van der Waals surface area contributed by atoms with E-state index in [1.807, 2.05) is 64.1 Å². The lowest BCUT2D eigenvalue weighted by Crippen LogP contribution is -2.33. The largest absolute Gasteiger partial charge is 0.444 e. The van der Waals surface area contributed by atoms with Crippen molar-refractivity contribution in [1.29, 1.82) is 0 Å². The summed E-state index contributed by atoms with van der Waals surface area (Å²) in [6.07, 6.45) is 0.193. The minimum Gasteiger partial charge on any atom is -0.444 e. The minimum atomic E-state index is -0.544. The summed E-state index contributed by atoms with van der Waals surface area (Å²) >= 11 is 15.2. The number of alkyl carbamates (subject to hydrolysis) is 1. The molecular weight excluding hydrogens is 616 g/mol. The first-order valence-corrected chi connectivity index (χ1v) is 15.2. The first-order valence-electron chi connectivity index (χ1n) is 11.1. The molecule has 0 unspecified atom stereocenters. The number of hydrogen-bond acceptors (Lipinski definition) is 4. The number of aromatic nitrogens is 1. The van der Waals surface area contributed by atoms with E-state index in [9.17, 15) is 4.79 Å². The molecule has 0 fully saturated rings. The zero-order valence-electron chi connectivity index (χ0n) is 19.8. The Morgan fingerprint density at radius 1 is 1.09 bits per heavy atom. The van der Waals surface area contributed by atoms with Crippen molar-refractivity contribution in [3.63, 3.8) is 0 Å². The minimum absolute atomic E-state index is 0.426. The average Bonchev–Trinajstić information content (AvgIpc) is 3.07. The Morgan fingerprint density at radius 2 is 1.86 bits per heavy atom. The van der Waals surface area contributed by atoms with E-state index < -0.39 is 11.7 Å². The lowest BCUT2D eigenvalue weighted by molar-refractivity contribution is 0.0528. The van der Waals surface area contributed by atoms with Crippen molar-refractivity contribution in [3.8, 4) is 0 Å². The lowest BCUT2D eigenvalue weighted by atomic mass is 10.0. The highest BCUT2D eigenvalue weighted by molar-refractivity contribution is 14.2. The van der Waals surface area contributed by atoms with Crippen LogP contribution >= 0.6 is 53.5 Å². The second kappa shape index (κ2) is 10.7. The Hall–Kier alpha value is -1.81. The smallest absolute Gasteiger partial charge is 0.407 e. The first kappa shape index (κ1) is 26.3. The Labute approximate surface area is 231 Å². The number of nitrogens with zero attached hydrogens (tertiary/aromatic N) is 1. The van der Waals surface area contributed by atoms with Crippen LogP contribution in [0.25, 0.3) is 21.8 Å². The third-order valence-electron chi connectivity index (χ3n) is 5.39. The number of benzene rings is 3. The van der Waals surface area contributed by atoms with Crippen LogP contribution in [0.4, 0.5) is 16.2 Å². The average molecular weight is 642 g/mol. The van der Waals surface area contributed by atoms with Gasteiger partial charge in [0.2, 0.25) is 0 Å². The maximum Gasteiger partial charge on any atom is 0.407 e. The molecule has 9 heteroatoms. The summed E-state index contributed by atoms with van der Waals surface area (Å²) in [5, 5.41) is 9.83. The van der Waals surface area contributed by atoms with Gasteiger partial charge in [-0.25, -0.2) is 4.79 Å². The van der Waals surface area contributed by atoms with E-state index in [2.05, 4.69) is 47.9 Å². The van der Waals surface area contributed by atoms with Crippen LogP contribution in [0.3, 0.4) is 0 Å². The molecule has 0 aliphatic rings. The summed E-state index contributed by atoms with van der Waals surface area (Å²) < 4.78 is 7.59. The molecule has 1 aromatic heterocycles. The number of carbonyl (C=O) groups excluding carboxylic acids is 1. The molecular formula is C26H26Cl2IN3O2S. The normalized spacial score (nSPS) is 11.7. The molecule has 0 radical (unpaired) electrons. The van der Waals surface area contributed by atoms with Gasteiger partial charge in [-0.05, 0) is 87.7 Å². The van der Waals surface area contributed by atoms with E-state index >= 15 is 0 Å². The van der Waals surface area contributed by atoms with E-state index in [4.69, 9.17) is 27.9 Å². The van der Waals surface area contributed by atoms with E-state index in [-0.39, 0.29) is 0 Å². The van der Waals surface area contributed by atoms with E-state index in [1.165, 1.54) is 0 Å². The highest BCUT2D eigenvalue weighted by atomic mass is 127. The van der Waals surface area contributed by atoms with Gasteiger partial charge in [-0.15, -0.1) is 0 Å². The van der Waals surface area contributed by atoms with Crippen LogP contribution < -0.4 is 10.6 Å². The van der Waals surface area contributed by atoms with Crippen LogP contribution in [-0.2, 0) is 11.2 Å². The van der Waals surface area contributed by atoms with Crippen molar-refractivity contribution in [2.24, 2.45) is 0 Å². The van der Waals surface area contributed by atoms with Crippen LogP contribution in [0.1, 0.15) is 31.9 Å². The second-order valence-corrected chi connectivity index (χ2v) is 11.9. The van der Waals surface area contributed by atoms with Crippen LogP contribution in [-0.4, -0.2) is 22.2 Å². The summed E-state index contributed by atoms with van der Waals surface area (Å²) in [5.74, 6) is 0. The number of rotatable bonds is 6. The number of halogens is 3. The molecule has 3 aromatic carbocycles. The van der Waals surface area contributed by atoms with Crippen molar-refractivity contribution in [2.45, 2.75) is 39.7 Å². The van der Waals surface area contributed by atoms with Crippen molar-refractivity contribution in [3.05, 3.63) is 69.7 Å². The number of fused-ring (bicyclic) bond motifs is 3. The maximum absolute atomic E-state index is 12.2. The van der Waals surface area contributed by atoms with Gasteiger partial charge < -0.3 is 15.4 Å². The lowest BCUT2D eigenvalue weighted by Gasteiger charge is -2.20. The summed E-state index contributed by atoms with van der Waals surface area (Å²) in [6, 6.07) is 16.1. The number of carbonyl (C=O) groups is 1. The first-order chi connectivity index (χ1) is 16.6. The molecule has 4 aromatic rings. The highest BCUT2D eigenvalue weighted by Gasteiger charge is 2.18. The summed E-state index contributed by atoms with van der Waals surface area (Å²) in [5.41, 5.74) is 5.55. The Kier molecular flexibility index (Phi) is 8.00. The fourth-order valence-electron chi connectivity index (χ4n) is 3.99. The molecule has 35 heavy (non-hydrogen) atoms. The molecule has 0 bridgehead atoms. The third kappa shape index (κ3) is 6.13. The van der Waals surface area contributed by atoms with E-state index in [0.29, 0.717) is 23.0 Å². The molecule has 0 saturated heterocycles. The maximum atomic E-state index is 12.2. The molecule has 4 rings (SSSR count). The summed E-state index contributed by atoms with van der Waals surface area (Å²) in [7, 11) is 1.61. The predicted molar refractivity (Wildman–Crippen MR) is 159 cm³/mol. The van der Waals surface area contributed by atoms with Crippen LogP contribution in [0.15, 0.2) is 48.5 Å². The van der Waals surface area contributed by atoms with Crippen molar-refractivity contribution >= 4 is 92.8 Å². The van der Waals surface area contributed by atoms with Gasteiger partial charge in [-0.3, -0.25) is 3.97 Å². The number of aryl methyl sites for hydroxylation is 1. The molecule has 1 heterocycles. The van der Waals surface area contributed by atoms with Crippen LogP contribution in [0, 0.1) is 6.92 Å². The Bertz CT molecular complexity index is 1420. The van der Waals surface area contributed by atoms with Gasteiger partial charge in [-0.1, -0.05) is 29.3 Å². The molecule has 0 saturated carbocycles. The van der Waals surface area contributed by atoms with Crippen LogP contribution in [0.2, 0.25) is 10.0 Å². The predicted octanol–water partition coefficient (Wildman–Crippen LogP) is 9.07. The number of ether oxygens (including phenoxy) is 1. The molecule has 0 aliphatic carbocycles. The second-order valence-electron chi connectivity index (χ2n) is 9.34. The van der Waals surface area contributed by atoms with Crippen molar-refractivity contribution < 1.29 is 9.53 Å². The molecule has 184 valence electrons. The van der Waals surface area contributed by atoms with Crippen molar-refractivity contribution in [2.75, 3.05) is 11.9 Å². The SMILES string of the molecule is Cc1ccc(Nc2cc(CCNC(=O)OC(C)(C)C)c3c(c2)c2cc(Cl)ccc2n3SI)c(Cl)c1. The van der Waals surface area contributed by atoms with Gasteiger partial charge in [0, 0.05) is 58.4 Å². The van der Waals surface area contributed by atoms with Gasteiger partial charge in [0.05, 0.1) is 21.7 Å². The van der Waals surface area contributed by atoms with Gasteiger partial charge in [-0.2, -0.15) is 0 Å². The van der Waals surface area contributed by atoms with Gasteiger partial charge in [0.25, 0.3) is 0 Å². The molecule has 5 nitrogen and oxygen atoms in total. The monoisotopic (exact) mass is 641 g/mol. The number of anilines is 2. The molecule has 0 spiro atoms. The molecule has 0 atom stereocenters. The molecule has 0 aliphatic heterocycles. The van der Waals surface area contributed by atoms with Gasteiger partial charge in [0.1, 0.15) is 5.60 Å². The Morgan fingerprint density at radius 3 is 2.54 bits per heavy atom. The highest BCUT2D eigenvalue weighted by Crippen LogP contribution is 2.40. The fraction of sp³-hybridized carbons (Fsp3) is 0.269. The summed E-state index contributed by atoms with van der Waals surface area (Å²) in [6.45, 7) is 8.00. The summed E-state index contributed by atoms with van der Waals surface area (Å²) in [4.78, 5) is 12.2. The van der Waals surface area contributed by atoms with E-state index in [1.54, 1.807) is 9.12 Å². The third-order valence-corrected chi connectivity index (χ3v) is 7.64. The molecule has 1 amide bonds. The standard InChI is InChI=1S/C26H26Cl2IN3O2S/c1-15-5-7-22(21(28)11-15)31-18-12-16(9-10-30-25(33)34-26(2,3)4)24-20(14-18)19-13-17(27)6-8-23(19)32(24)35-29/h5-8,11-14,31H,9-10H2,1-4H3,(H,30,33). The zero-order valence-corrected chi connectivity index (χ0v) is 24.3. The van der Waals surface area contributed by atoms with Gasteiger partial charge >= 0.3 is 6.09 Å². The zero-order chi connectivity index (χ0) is 25.3. The number of hydrogen-bond donors (Lipinski definition) is 2. The fourth-order valence-corrected chi connectivity index (χ4v) is 6.19. The van der Waals surface area contributed by atoms with Crippen LogP contribution in [0.5, 0.6) is 0 Å². The Balaban J connectivity index is 1.77. The quantitative estimate of drug-likeness (QED) is 0.206. The van der Waals surface area contributed by atoms with E-state index in [0.717, 1.165) is 44.3 Å².